The van der Waals surface area contributed by atoms with Crippen molar-refractivity contribution >= 4 is 52.0 Å². The summed E-state index contributed by atoms with van der Waals surface area (Å²) in [6.45, 7) is 5.15. The highest BCUT2D eigenvalue weighted by atomic mass is 32.2. The molecular weight excluding hydrogens is 422 g/mol. The normalized spacial score (nSPS) is 15.3. The van der Waals surface area contributed by atoms with E-state index in [-0.39, 0.29) is 5.91 Å². The van der Waals surface area contributed by atoms with Gasteiger partial charge in [0, 0.05) is 17.2 Å². The topological polar surface area (TPSA) is 38.8 Å². The molecule has 2 aromatic rings. The molecule has 7 heteroatoms. The average molecular weight is 446 g/mol. The molecule has 0 saturated carbocycles. The Morgan fingerprint density at radius 2 is 1.93 bits per heavy atom. The zero-order chi connectivity index (χ0) is 20.8. The van der Waals surface area contributed by atoms with Crippen molar-refractivity contribution in [3.05, 3.63) is 58.5 Å². The Balaban J connectivity index is 1.61. The van der Waals surface area contributed by atoms with Crippen molar-refractivity contribution in [3.63, 3.8) is 0 Å². The number of likely N-dealkylation sites (N-methyl/N-ethyl adjacent to an activating group) is 1. The lowest BCUT2D eigenvalue weighted by Gasteiger charge is -2.12. The number of amides is 1. The maximum absolute atomic E-state index is 12.4. The summed E-state index contributed by atoms with van der Waals surface area (Å²) in [5, 5.41) is 0. The molecule has 2 aromatic carbocycles. The van der Waals surface area contributed by atoms with E-state index in [9.17, 15) is 4.79 Å². The van der Waals surface area contributed by atoms with Crippen LogP contribution in [0.4, 0.5) is 0 Å². The van der Waals surface area contributed by atoms with Crippen LogP contribution >= 0.6 is 35.7 Å². The van der Waals surface area contributed by atoms with Crippen LogP contribution in [0.5, 0.6) is 11.5 Å². The highest BCUT2D eigenvalue weighted by molar-refractivity contribution is 8.26. The predicted octanol–water partition coefficient (Wildman–Crippen LogP) is 5.40. The van der Waals surface area contributed by atoms with E-state index in [0.29, 0.717) is 33.9 Å². The van der Waals surface area contributed by atoms with Gasteiger partial charge in [0.05, 0.1) is 18.6 Å². The minimum absolute atomic E-state index is 0.0464. The molecule has 1 fully saturated rings. The summed E-state index contributed by atoms with van der Waals surface area (Å²) in [6.07, 6.45) is 1.84. The fourth-order valence-corrected chi connectivity index (χ4v) is 4.88. The summed E-state index contributed by atoms with van der Waals surface area (Å²) in [6, 6.07) is 14.1. The fraction of sp³-hybridized carbons (Fsp3) is 0.273. The molecular formula is C22H23NO3S3. The van der Waals surface area contributed by atoms with Crippen LogP contribution in [0.15, 0.2) is 52.3 Å². The van der Waals surface area contributed by atoms with E-state index in [1.165, 1.54) is 22.2 Å². The number of thioether (sulfide) groups is 2. The Labute approximate surface area is 185 Å². The summed E-state index contributed by atoms with van der Waals surface area (Å²) in [4.78, 5) is 15.8. The Bertz CT molecular complexity index is 925. The van der Waals surface area contributed by atoms with E-state index in [4.69, 9.17) is 21.7 Å². The van der Waals surface area contributed by atoms with Crippen molar-refractivity contribution in [3.8, 4) is 11.5 Å². The molecule has 1 aliphatic heterocycles. The molecule has 152 valence electrons. The highest BCUT2D eigenvalue weighted by Gasteiger charge is 2.30. The third kappa shape index (κ3) is 5.56. The van der Waals surface area contributed by atoms with Crippen LogP contribution in [0, 0.1) is 6.92 Å². The standard InChI is InChI=1S/C22H23NO3S3/c1-4-23-21(24)20(29-22(23)27)14-16-7-10-18(19(13-16)25-3)26-11-12-28-17-8-5-15(2)6-9-17/h5-10,13-14H,4,11-12H2,1-3H3. The van der Waals surface area contributed by atoms with E-state index in [1.807, 2.05) is 31.2 Å². The van der Waals surface area contributed by atoms with Crippen molar-refractivity contribution in [1.82, 2.24) is 4.90 Å². The van der Waals surface area contributed by atoms with Gasteiger partial charge in [-0.1, -0.05) is 47.7 Å². The van der Waals surface area contributed by atoms with Gasteiger partial charge in [-0.15, -0.1) is 11.8 Å². The van der Waals surface area contributed by atoms with Crippen molar-refractivity contribution < 1.29 is 14.3 Å². The average Bonchev–Trinajstić information content (AvgIpc) is 2.99. The first-order chi connectivity index (χ1) is 14.0. The van der Waals surface area contributed by atoms with E-state index in [1.54, 1.807) is 23.8 Å². The first kappa shape index (κ1) is 21.7. The van der Waals surface area contributed by atoms with E-state index in [2.05, 4.69) is 31.2 Å². The Kier molecular flexibility index (Phi) is 7.64. The molecule has 1 aliphatic rings. The van der Waals surface area contributed by atoms with Gasteiger partial charge in [-0.2, -0.15) is 0 Å². The Morgan fingerprint density at radius 1 is 1.17 bits per heavy atom. The van der Waals surface area contributed by atoms with Crippen molar-refractivity contribution in [2.45, 2.75) is 18.7 Å². The molecule has 0 spiro atoms. The predicted molar refractivity (Wildman–Crippen MR) is 126 cm³/mol. The maximum Gasteiger partial charge on any atom is 0.266 e. The van der Waals surface area contributed by atoms with Gasteiger partial charge >= 0.3 is 0 Å². The molecule has 0 unspecified atom stereocenters. The van der Waals surface area contributed by atoms with E-state index in [0.717, 1.165) is 11.3 Å². The van der Waals surface area contributed by atoms with Gasteiger partial charge in [0.15, 0.2) is 11.5 Å². The van der Waals surface area contributed by atoms with Crippen LogP contribution in [-0.2, 0) is 4.79 Å². The zero-order valence-electron chi connectivity index (χ0n) is 16.6. The maximum atomic E-state index is 12.4. The first-order valence-electron chi connectivity index (χ1n) is 9.27. The third-order valence-electron chi connectivity index (χ3n) is 4.31. The molecule has 0 aromatic heterocycles. The zero-order valence-corrected chi connectivity index (χ0v) is 19.1. The fourth-order valence-electron chi connectivity index (χ4n) is 2.76. The lowest BCUT2D eigenvalue weighted by atomic mass is 10.2. The second-order valence-electron chi connectivity index (χ2n) is 6.35. The minimum atomic E-state index is -0.0464. The van der Waals surface area contributed by atoms with Crippen LogP contribution in [0.2, 0.25) is 0 Å². The molecule has 0 atom stereocenters. The van der Waals surface area contributed by atoms with Gasteiger partial charge in [0.1, 0.15) is 4.32 Å². The van der Waals surface area contributed by atoms with Crippen LogP contribution < -0.4 is 9.47 Å². The second kappa shape index (κ2) is 10.2. The molecule has 0 radical (unpaired) electrons. The van der Waals surface area contributed by atoms with Gasteiger partial charge < -0.3 is 9.47 Å². The van der Waals surface area contributed by atoms with Crippen LogP contribution in [0.3, 0.4) is 0 Å². The highest BCUT2D eigenvalue weighted by Crippen LogP contribution is 2.34. The van der Waals surface area contributed by atoms with Crippen LogP contribution in [0.25, 0.3) is 6.08 Å². The number of methoxy groups -OCH3 is 1. The number of rotatable bonds is 8. The Hall–Kier alpha value is -1.96. The number of hydrogen-bond donors (Lipinski definition) is 0. The summed E-state index contributed by atoms with van der Waals surface area (Å²) < 4.78 is 12.0. The molecule has 1 saturated heterocycles. The monoisotopic (exact) mass is 445 g/mol. The van der Waals surface area contributed by atoms with Gasteiger partial charge in [0.2, 0.25) is 0 Å². The van der Waals surface area contributed by atoms with E-state index >= 15 is 0 Å². The summed E-state index contributed by atoms with van der Waals surface area (Å²) in [7, 11) is 1.61. The van der Waals surface area contributed by atoms with Gasteiger partial charge in [-0.3, -0.25) is 9.69 Å². The summed E-state index contributed by atoms with van der Waals surface area (Å²) in [5.74, 6) is 2.13. The van der Waals surface area contributed by atoms with Gasteiger partial charge in [-0.05, 0) is 49.8 Å². The molecule has 29 heavy (non-hydrogen) atoms. The summed E-state index contributed by atoms with van der Waals surface area (Å²) in [5.41, 5.74) is 2.13. The number of nitrogens with zero attached hydrogens (tertiary/aromatic N) is 1. The van der Waals surface area contributed by atoms with Crippen LogP contribution in [-0.4, -0.2) is 41.1 Å². The molecule has 1 heterocycles. The molecule has 0 bridgehead atoms. The van der Waals surface area contributed by atoms with Crippen molar-refractivity contribution in [1.29, 1.82) is 0 Å². The lowest BCUT2D eigenvalue weighted by Crippen LogP contribution is -2.27. The number of aryl methyl sites for hydroxylation is 1. The molecule has 1 amide bonds. The molecule has 0 N–H and O–H groups in total. The first-order valence-corrected chi connectivity index (χ1v) is 11.5. The number of benzene rings is 2. The number of ether oxygens (including phenoxy) is 2. The quantitative estimate of drug-likeness (QED) is 0.235. The van der Waals surface area contributed by atoms with E-state index < -0.39 is 0 Å². The van der Waals surface area contributed by atoms with Gasteiger partial charge in [0.25, 0.3) is 5.91 Å². The van der Waals surface area contributed by atoms with Crippen molar-refractivity contribution in [2.24, 2.45) is 0 Å². The smallest absolute Gasteiger partial charge is 0.266 e. The summed E-state index contributed by atoms with van der Waals surface area (Å²) >= 11 is 8.35. The molecule has 3 rings (SSSR count). The number of hydrogen-bond acceptors (Lipinski definition) is 6. The number of thiocarbonyl (C=S) groups is 1. The SMILES string of the molecule is CCN1C(=O)C(=Cc2ccc(OCCSc3ccc(C)cc3)c(OC)c2)SC1=S. The third-order valence-corrected chi connectivity index (χ3v) is 6.66. The van der Waals surface area contributed by atoms with Crippen molar-refractivity contribution in [2.75, 3.05) is 26.0 Å². The number of carbonyl (C=O) groups is 1. The molecule has 4 nitrogen and oxygen atoms in total. The Morgan fingerprint density at radius 3 is 2.59 bits per heavy atom. The largest absolute Gasteiger partial charge is 0.493 e. The minimum Gasteiger partial charge on any atom is -0.493 e. The number of carbonyl (C=O) groups excluding carboxylic acids is 1. The van der Waals surface area contributed by atoms with Gasteiger partial charge in [-0.25, -0.2) is 0 Å². The van der Waals surface area contributed by atoms with Crippen LogP contribution in [0.1, 0.15) is 18.1 Å². The second-order valence-corrected chi connectivity index (χ2v) is 9.19. The molecule has 0 aliphatic carbocycles. The lowest BCUT2D eigenvalue weighted by molar-refractivity contribution is -0.121.